The van der Waals surface area contributed by atoms with Crippen LogP contribution in [0.2, 0.25) is 0 Å². The van der Waals surface area contributed by atoms with Gasteiger partial charge >= 0.3 is 5.97 Å². The predicted molar refractivity (Wildman–Crippen MR) is 120 cm³/mol. The van der Waals surface area contributed by atoms with E-state index in [0.29, 0.717) is 22.1 Å². The third kappa shape index (κ3) is 5.64. The molecule has 0 aliphatic carbocycles. The molecule has 0 saturated carbocycles. The number of benzene rings is 1. The van der Waals surface area contributed by atoms with Crippen LogP contribution in [0, 0.1) is 5.82 Å². The molecule has 0 unspecified atom stereocenters. The Bertz CT molecular complexity index is 1190. The number of nitrogens with one attached hydrogen (secondary N) is 2. The van der Waals surface area contributed by atoms with E-state index < -0.39 is 36.0 Å². The van der Waals surface area contributed by atoms with Crippen molar-refractivity contribution < 1.29 is 28.2 Å². The number of hydrogen-bond acceptors (Lipinski definition) is 8. The summed E-state index contributed by atoms with van der Waals surface area (Å²) in [5.74, 6) is -2.08. The van der Waals surface area contributed by atoms with Crippen molar-refractivity contribution in [2.24, 2.45) is 7.05 Å². The van der Waals surface area contributed by atoms with Gasteiger partial charge in [0.15, 0.2) is 17.3 Å². The quantitative estimate of drug-likeness (QED) is 0.347. The molecular formula is C22H22FN5O5S. The molecule has 1 aliphatic rings. The van der Waals surface area contributed by atoms with E-state index in [9.17, 15) is 18.8 Å². The highest BCUT2D eigenvalue weighted by molar-refractivity contribution is 7.14. The van der Waals surface area contributed by atoms with E-state index in [-0.39, 0.29) is 18.8 Å². The van der Waals surface area contributed by atoms with Crippen LogP contribution in [-0.2, 0) is 37.3 Å². The SMILES string of the molecule is CCOC(=O)[C@H]1O[C@@H]1C(=O)N[C@@H](Cc1cn(C)cn1)C(=O)Nc1nc(-c2ccc(F)cc2)cs1. The van der Waals surface area contributed by atoms with E-state index in [0.717, 1.165) is 0 Å². The number of carbonyl (C=O) groups excluding carboxylic acids is 3. The Morgan fingerprint density at radius 2 is 2.03 bits per heavy atom. The zero-order chi connectivity index (χ0) is 24.2. The first-order chi connectivity index (χ1) is 16.3. The van der Waals surface area contributed by atoms with Crippen LogP contribution in [0.3, 0.4) is 0 Å². The molecule has 34 heavy (non-hydrogen) atoms. The molecule has 12 heteroatoms. The highest BCUT2D eigenvalue weighted by Crippen LogP contribution is 2.26. The fraction of sp³-hybridized carbons (Fsp3) is 0.318. The van der Waals surface area contributed by atoms with Crippen molar-refractivity contribution in [3.8, 4) is 11.3 Å². The maximum absolute atomic E-state index is 13.2. The summed E-state index contributed by atoms with van der Waals surface area (Å²) in [5, 5.41) is 7.38. The fourth-order valence-electron chi connectivity index (χ4n) is 3.24. The Kier molecular flexibility index (Phi) is 6.98. The number of ether oxygens (including phenoxy) is 2. The zero-order valence-electron chi connectivity index (χ0n) is 18.4. The smallest absolute Gasteiger partial charge is 0.338 e. The lowest BCUT2D eigenvalue weighted by Crippen LogP contribution is -2.47. The number of imidazole rings is 1. The second-order valence-corrected chi connectivity index (χ2v) is 8.42. The molecule has 2 N–H and O–H groups in total. The molecule has 10 nitrogen and oxygen atoms in total. The summed E-state index contributed by atoms with van der Waals surface area (Å²) in [5.41, 5.74) is 1.87. The number of amides is 2. The van der Waals surface area contributed by atoms with Crippen LogP contribution in [-0.4, -0.2) is 57.2 Å². The maximum atomic E-state index is 13.2. The van der Waals surface area contributed by atoms with Crippen molar-refractivity contribution in [3.63, 3.8) is 0 Å². The Morgan fingerprint density at radius 3 is 2.71 bits per heavy atom. The van der Waals surface area contributed by atoms with Crippen molar-refractivity contribution in [2.45, 2.75) is 31.6 Å². The number of esters is 1. The van der Waals surface area contributed by atoms with Gasteiger partial charge in [-0.15, -0.1) is 11.3 Å². The normalized spacial score (nSPS) is 17.6. The molecule has 0 spiro atoms. The molecule has 0 bridgehead atoms. The number of hydrogen-bond donors (Lipinski definition) is 2. The summed E-state index contributed by atoms with van der Waals surface area (Å²) in [6.45, 7) is 1.83. The third-order valence-corrected chi connectivity index (χ3v) is 5.71. The molecule has 2 aromatic heterocycles. The summed E-state index contributed by atoms with van der Waals surface area (Å²) < 4.78 is 24.9. The van der Waals surface area contributed by atoms with Crippen molar-refractivity contribution in [3.05, 3.63) is 53.7 Å². The van der Waals surface area contributed by atoms with Gasteiger partial charge in [-0.25, -0.2) is 19.2 Å². The molecule has 178 valence electrons. The average molecular weight is 488 g/mol. The van der Waals surface area contributed by atoms with Crippen LogP contribution in [0.25, 0.3) is 11.3 Å². The lowest BCUT2D eigenvalue weighted by Gasteiger charge is -2.16. The Balaban J connectivity index is 1.44. The van der Waals surface area contributed by atoms with Gasteiger partial charge in [-0.1, -0.05) is 0 Å². The Labute approximate surface area is 198 Å². The van der Waals surface area contributed by atoms with Gasteiger partial charge in [0.05, 0.1) is 24.3 Å². The number of thiazole rings is 1. The summed E-state index contributed by atoms with van der Waals surface area (Å²) in [6.07, 6.45) is 1.45. The molecule has 0 radical (unpaired) electrons. The van der Waals surface area contributed by atoms with Gasteiger partial charge in [0.1, 0.15) is 11.9 Å². The molecular weight excluding hydrogens is 465 g/mol. The van der Waals surface area contributed by atoms with Crippen LogP contribution in [0.5, 0.6) is 0 Å². The predicted octanol–water partition coefficient (Wildman–Crippen LogP) is 1.68. The van der Waals surface area contributed by atoms with E-state index in [1.54, 1.807) is 48.6 Å². The Morgan fingerprint density at radius 1 is 1.26 bits per heavy atom. The van der Waals surface area contributed by atoms with E-state index in [2.05, 4.69) is 20.6 Å². The second-order valence-electron chi connectivity index (χ2n) is 7.56. The summed E-state index contributed by atoms with van der Waals surface area (Å²) >= 11 is 1.20. The highest BCUT2D eigenvalue weighted by atomic mass is 32.1. The number of aromatic nitrogens is 3. The molecule has 4 rings (SSSR count). The number of epoxide rings is 1. The van der Waals surface area contributed by atoms with Crippen LogP contribution in [0.1, 0.15) is 12.6 Å². The minimum Gasteiger partial charge on any atom is -0.464 e. The van der Waals surface area contributed by atoms with Crippen molar-refractivity contribution in [1.29, 1.82) is 0 Å². The topological polar surface area (TPSA) is 128 Å². The molecule has 2 amide bonds. The van der Waals surface area contributed by atoms with Gasteiger partial charge in [-0.3, -0.25) is 9.59 Å². The van der Waals surface area contributed by atoms with E-state index >= 15 is 0 Å². The number of nitrogens with zero attached hydrogens (tertiary/aromatic N) is 3. The molecule has 3 heterocycles. The zero-order valence-corrected chi connectivity index (χ0v) is 19.2. The number of aryl methyl sites for hydroxylation is 1. The van der Waals surface area contributed by atoms with Gasteiger partial charge in [0, 0.05) is 30.6 Å². The largest absolute Gasteiger partial charge is 0.464 e. The second kappa shape index (κ2) is 10.1. The van der Waals surface area contributed by atoms with Gasteiger partial charge in [0.2, 0.25) is 5.91 Å². The van der Waals surface area contributed by atoms with Crippen molar-refractivity contribution in [2.75, 3.05) is 11.9 Å². The van der Waals surface area contributed by atoms with E-state index in [4.69, 9.17) is 9.47 Å². The van der Waals surface area contributed by atoms with Gasteiger partial charge in [-0.05, 0) is 31.2 Å². The summed E-state index contributed by atoms with van der Waals surface area (Å²) in [4.78, 5) is 46.0. The minimum atomic E-state index is -1.01. The molecule has 1 fully saturated rings. The lowest BCUT2D eigenvalue weighted by atomic mass is 10.1. The van der Waals surface area contributed by atoms with Gasteiger partial charge in [-0.2, -0.15) is 0 Å². The first-order valence-corrected chi connectivity index (χ1v) is 11.3. The van der Waals surface area contributed by atoms with Gasteiger partial charge < -0.3 is 24.7 Å². The van der Waals surface area contributed by atoms with Crippen molar-refractivity contribution in [1.82, 2.24) is 19.9 Å². The van der Waals surface area contributed by atoms with E-state index in [1.165, 1.54) is 23.5 Å². The average Bonchev–Trinajstić information content (AvgIpc) is 3.32. The molecule has 1 aliphatic heterocycles. The van der Waals surface area contributed by atoms with Crippen LogP contribution < -0.4 is 10.6 Å². The minimum absolute atomic E-state index is 0.116. The number of carbonyl (C=O) groups is 3. The van der Waals surface area contributed by atoms with Gasteiger partial charge in [0.25, 0.3) is 5.91 Å². The van der Waals surface area contributed by atoms with Crippen molar-refractivity contribution >= 4 is 34.3 Å². The summed E-state index contributed by atoms with van der Waals surface area (Å²) in [6, 6.07) is 4.85. The first kappa shape index (κ1) is 23.5. The molecule has 1 aromatic carbocycles. The van der Waals surface area contributed by atoms with Crippen LogP contribution in [0.4, 0.5) is 9.52 Å². The Hall–Kier alpha value is -3.64. The molecule has 3 atom stereocenters. The fourth-order valence-corrected chi connectivity index (χ4v) is 3.96. The number of halogens is 1. The third-order valence-electron chi connectivity index (χ3n) is 4.95. The number of rotatable bonds is 9. The van der Waals surface area contributed by atoms with Crippen LogP contribution >= 0.6 is 11.3 Å². The van der Waals surface area contributed by atoms with E-state index in [1.807, 2.05) is 0 Å². The monoisotopic (exact) mass is 487 g/mol. The van der Waals surface area contributed by atoms with Crippen LogP contribution in [0.15, 0.2) is 42.2 Å². The maximum Gasteiger partial charge on any atom is 0.338 e. The highest BCUT2D eigenvalue weighted by Gasteiger charge is 2.52. The standard InChI is InChI=1S/C22H22FN5O5S/c1-3-32-21(31)18-17(33-18)20(30)25-15(8-14-9-28(2)11-24-14)19(29)27-22-26-16(10-34-22)12-4-6-13(23)7-5-12/h4-7,9-11,15,17-18H,3,8H2,1-2H3,(H,25,30)(H,26,27,29)/t15-,17-,18-/m0/s1. The molecule has 1 saturated heterocycles. The molecule has 3 aromatic rings. The first-order valence-electron chi connectivity index (χ1n) is 10.5. The lowest BCUT2D eigenvalue weighted by molar-refractivity contribution is -0.144. The number of anilines is 1. The summed E-state index contributed by atoms with van der Waals surface area (Å²) in [7, 11) is 1.79.